The largest absolute Gasteiger partial charge is 0.462 e. The van der Waals surface area contributed by atoms with E-state index in [0.717, 1.165) is 17.5 Å². The Morgan fingerprint density at radius 2 is 1.41 bits per heavy atom. The first-order chi connectivity index (χ1) is 13.2. The molecule has 0 aliphatic rings. The monoisotopic (exact) mass is 366 g/mol. The van der Waals surface area contributed by atoms with Crippen LogP contribution >= 0.6 is 0 Å². The van der Waals surface area contributed by atoms with E-state index in [9.17, 15) is 4.79 Å². The van der Waals surface area contributed by atoms with Crippen molar-refractivity contribution < 1.29 is 9.53 Å². The van der Waals surface area contributed by atoms with Crippen molar-refractivity contribution in [3.63, 3.8) is 0 Å². The fourth-order valence-corrected chi connectivity index (χ4v) is 3.37. The standard InChI is InChI=1S/C25H34O2/c1-3-5-7-9-13-21(12-6-4-2)20-27-25(26)24-18-16-23(17-19-24)22-14-10-8-11-15-22/h8,10-11,14-19,21H,3-7,9,12-13,20H2,1-2H3. The average molecular weight is 367 g/mol. The molecule has 0 spiro atoms. The molecule has 0 bridgehead atoms. The maximum absolute atomic E-state index is 12.4. The second kappa shape index (κ2) is 12.3. The van der Waals surface area contributed by atoms with Gasteiger partial charge in [0.15, 0.2) is 0 Å². The molecule has 0 radical (unpaired) electrons. The van der Waals surface area contributed by atoms with Gasteiger partial charge in [-0.3, -0.25) is 0 Å². The van der Waals surface area contributed by atoms with Crippen LogP contribution in [0.5, 0.6) is 0 Å². The lowest BCUT2D eigenvalue weighted by atomic mass is 9.96. The number of ether oxygens (including phenoxy) is 1. The van der Waals surface area contributed by atoms with Gasteiger partial charge < -0.3 is 4.74 Å². The number of hydrogen-bond donors (Lipinski definition) is 0. The molecular formula is C25H34O2. The second-order valence-corrected chi connectivity index (χ2v) is 7.40. The molecule has 0 aromatic heterocycles. The van der Waals surface area contributed by atoms with Crippen LogP contribution in [0.15, 0.2) is 54.6 Å². The Bertz CT molecular complexity index is 646. The minimum Gasteiger partial charge on any atom is -0.462 e. The van der Waals surface area contributed by atoms with Gasteiger partial charge in [-0.25, -0.2) is 4.79 Å². The molecule has 2 rings (SSSR count). The summed E-state index contributed by atoms with van der Waals surface area (Å²) >= 11 is 0. The Labute approximate surface area is 165 Å². The molecule has 0 amide bonds. The van der Waals surface area contributed by atoms with Crippen LogP contribution in [0.3, 0.4) is 0 Å². The van der Waals surface area contributed by atoms with Crippen molar-refractivity contribution in [2.45, 2.75) is 65.2 Å². The third kappa shape index (κ3) is 7.58. The van der Waals surface area contributed by atoms with Crippen molar-refractivity contribution >= 4 is 5.97 Å². The molecule has 2 aromatic carbocycles. The van der Waals surface area contributed by atoms with E-state index in [2.05, 4.69) is 26.0 Å². The van der Waals surface area contributed by atoms with Crippen molar-refractivity contribution in [2.75, 3.05) is 6.61 Å². The summed E-state index contributed by atoms with van der Waals surface area (Å²) < 4.78 is 5.65. The van der Waals surface area contributed by atoms with Crippen LogP contribution in [0.2, 0.25) is 0 Å². The van der Waals surface area contributed by atoms with Crippen molar-refractivity contribution in [1.82, 2.24) is 0 Å². The predicted octanol–water partition coefficient (Wildman–Crippen LogP) is 7.29. The van der Waals surface area contributed by atoms with Gasteiger partial charge in [-0.15, -0.1) is 0 Å². The van der Waals surface area contributed by atoms with E-state index in [-0.39, 0.29) is 5.97 Å². The summed E-state index contributed by atoms with van der Waals surface area (Å²) in [6.45, 7) is 5.00. The highest BCUT2D eigenvalue weighted by Crippen LogP contribution is 2.21. The van der Waals surface area contributed by atoms with E-state index in [1.54, 1.807) is 0 Å². The normalized spacial score (nSPS) is 11.9. The molecule has 0 aliphatic heterocycles. The molecule has 2 heteroatoms. The zero-order valence-corrected chi connectivity index (χ0v) is 17.0. The van der Waals surface area contributed by atoms with E-state index in [1.165, 1.54) is 44.9 Å². The highest BCUT2D eigenvalue weighted by Gasteiger charge is 2.13. The van der Waals surface area contributed by atoms with Crippen LogP contribution in [0.4, 0.5) is 0 Å². The van der Waals surface area contributed by atoms with Crippen LogP contribution in [-0.4, -0.2) is 12.6 Å². The van der Waals surface area contributed by atoms with E-state index >= 15 is 0 Å². The Morgan fingerprint density at radius 3 is 2.07 bits per heavy atom. The Kier molecular flexibility index (Phi) is 9.68. The SMILES string of the molecule is CCCCCCC(CCCC)COC(=O)c1ccc(-c2ccccc2)cc1. The van der Waals surface area contributed by atoms with Gasteiger partial charge in [0.05, 0.1) is 12.2 Å². The summed E-state index contributed by atoms with van der Waals surface area (Å²) in [4.78, 5) is 12.4. The zero-order chi connectivity index (χ0) is 19.3. The van der Waals surface area contributed by atoms with E-state index < -0.39 is 0 Å². The minimum atomic E-state index is -0.204. The first kappa shape index (κ1) is 21.2. The maximum Gasteiger partial charge on any atom is 0.338 e. The van der Waals surface area contributed by atoms with Gasteiger partial charge in [0, 0.05) is 0 Å². The Balaban J connectivity index is 1.86. The molecule has 1 atom stereocenters. The van der Waals surface area contributed by atoms with Gasteiger partial charge >= 0.3 is 5.97 Å². The van der Waals surface area contributed by atoms with Gasteiger partial charge in [-0.05, 0) is 42.0 Å². The molecule has 0 heterocycles. The lowest BCUT2D eigenvalue weighted by molar-refractivity contribution is 0.0422. The Hall–Kier alpha value is -2.09. The van der Waals surface area contributed by atoms with E-state index in [4.69, 9.17) is 4.74 Å². The third-order valence-corrected chi connectivity index (χ3v) is 5.11. The van der Waals surface area contributed by atoms with E-state index in [1.807, 2.05) is 42.5 Å². The minimum absolute atomic E-state index is 0.204. The second-order valence-electron chi connectivity index (χ2n) is 7.40. The first-order valence-corrected chi connectivity index (χ1v) is 10.6. The number of unbranched alkanes of at least 4 members (excludes halogenated alkanes) is 4. The predicted molar refractivity (Wildman–Crippen MR) is 114 cm³/mol. The van der Waals surface area contributed by atoms with Crippen molar-refractivity contribution in [2.24, 2.45) is 5.92 Å². The van der Waals surface area contributed by atoms with Crippen LogP contribution in [0.1, 0.15) is 75.6 Å². The number of carbonyl (C=O) groups excluding carboxylic acids is 1. The number of rotatable bonds is 12. The lowest BCUT2D eigenvalue weighted by Gasteiger charge is -2.17. The fraction of sp³-hybridized carbons (Fsp3) is 0.480. The van der Waals surface area contributed by atoms with Gasteiger partial charge in [-0.1, -0.05) is 94.8 Å². The molecule has 1 unspecified atom stereocenters. The summed E-state index contributed by atoms with van der Waals surface area (Å²) in [6.07, 6.45) is 9.81. The highest BCUT2D eigenvalue weighted by atomic mass is 16.5. The Morgan fingerprint density at radius 1 is 0.778 bits per heavy atom. The third-order valence-electron chi connectivity index (χ3n) is 5.11. The van der Waals surface area contributed by atoms with Crippen LogP contribution < -0.4 is 0 Å². The maximum atomic E-state index is 12.4. The molecule has 2 aromatic rings. The fourth-order valence-electron chi connectivity index (χ4n) is 3.37. The van der Waals surface area contributed by atoms with Crippen LogP contribution in [0, 0.1) is 5.92 Å². The molecule has 27 heavy (non-hydrogen) atoms. The van der Waals surface area contributed by atoms with Gasteiger partial charge in [0.2, 0.25) is 0 Å². The summed E-state index contributed by atoms with van der Waals surface area (Å²) in [7, 11) is 0. The van der Waals surface area contributed by atoms with Crippen LogP contribution in [0.25, 0.3) is 11.1 Å². The quantitative estimate of drug-likeness (QED) is 0.291. The molecule has 0 saturated heterocycles. The molecular weight excluding hydrogens is 332 g/mol. The summed E-state index contributed by atoms with van der Waals surface area (Å²) in [5.41, 5.74) is 2.91. The molecule has 0 saturated carbocycles. The average Bonchev–Trinajstić information content (AvgIpc) is 2.73. The van der Waals surface area contributed by atoms with Gasteiger partial charge in [0.1, 0.15) is 0 Å². The number of hydrogen-bond acceptors (Lipinski definition) is 2. The van der Waals surface area contributed by atoms with E-state index in [0.29, 0.717) is 18.1 Å². The van der Waals surface area contributed by atoms with Crippen LogP contribution in [-0.2, 0) is 4.74 Å². The number of benzene rings is 2. The summed E-state index contributed by atoms with van der Waals surface area (Å²) in [5.74, 6) is 0.291. The van der Waals surface area contributed by atoms with Crippen molar-refractivity contribution in [1.29, 1.82) is 0 Å². The van der Waals surface area contributed by atoms with Crippen molar-refractivity contribution in [3.05, 3.63) is 60.2 Å². The zero-order valence-electron chi connectivity index (χ0n) is 17.0. The number of carbonyl (C=O) groups is 1. The molecule has 146 valence electrons. The van der Waals surface area contributed by atoms with Crippen molar-refractivity contribution in [3.8, 4) is 11.1 Å². The summed E-state index contributed by atoms with van der Waals surface area (Å²) in [5, 5.41) is 0. The first-order valence-electron chi connectivity index (χ1n) is 10.6. The van der Waals surface area contributed by atoms with Gasteiger partial charge in [0.25, 0.3) is 0 Å². The summed E-state index contributed by atoms with van der Waals surface area (Å²) in [6, 6.07) is 17.9. The molecule has 0 fully saturated rings. The molecule has 0 N–H and O–H groups in total. The van der Waals surface area contributed by atoms with Gasteiger partial charge in [-0.2, -0.15) is 0 Å². The number of esters is 1. The smallest absolute Gasteiger partial charge is 0.338 e. The topological polar surface area (TPSA) is 26.3 Å². The highest BCUT2D eigenvalue weighted by molar-refractivity contribution is 5.90. The molecule has 0 aliphatic carbocycles. The molecule has 2 nitrogen and oxygen atoms in total. The lowest BCUT2D eigenvalue weighted by Crippen LogP contribution is -2.14.